The number of fused-ring (bicyclic) bond motifs is 1. The molecular formula is C14H19NO2S. The van der Waals surface area contributed by atoms with Crippen molar-refractivity contribution in [2.75, 3.05) is 30.0 Å². The summed E-state index contributed by atoms with van der Waals surface area (Å²) < 4.78 is 0. The molecule has 1 N–H and O–H groups in total. The minimum Gasteiger partial charge on any atom is -0.481 e. The first-order valence-corrected chi connectivity index (χ1v) is 7.69. The Bertz CT molecular complexity index is 422. The third kappa shape index (κ3) is 2.80. The fraction of sp³-hybridized carbons (Fsp3) is 0.500. The maximum atomic E-state index is 11.3. The van der Waals surface area contributed by atoms with Crippen LogP contribution in [0.4, 0.5) is 5.69 Å². The highest BCUT2D eigenvalue weighted by atomic mass is 32.2. The molecule has 0 radical (unpaired) electrons. The molecule has 4 heteroatoms. The normalized spacial score (nSPS) is 18.5. The number of nitrogens with zero attached hydrogens (tertiary/aromatic N) is 1. The molecule has 0 fully saturated rings. The summed E-state index contributed by atoms with van der Waals surface area (Å²) in [5.74, 6) is 0.116. The van der Waals surface area contributed by atoms with Gasteiger partial charge < -0.3 is 10.0 Å². The number of aliphatic carboxylic acids is 1. The van der Waals surface area contributed by atoms with E-state index in [1.165, 1.54) is 0 Å². The van der Waals surface area contributed by atoms with Crippen molar-refractivity contribution in [3.05, 3.63) is 29.8 Å². The molecule has 0 aromatic heterocycles. The van der Waals surface area contributed by atoms with Crippen LogP contribution in [0.3, 0.4) is 0 Å². The van der Waals surface area contributed by atoms with Gasteiger partial charge in [-0.2, -0.15) is 11.8 Å². The zero-order chi connectivity index (χ0) is 13.0. The topological polar surface area (TPSA) is 40.5 Å². The average molecular weight is 265 g/mol. The second-order valence-corrected chi connectivity index (χ2v) is 5.56. The van der Waals surface area contributed by atoms with E-state index in [-0.39, 0.29) is 5.92 Å². The summed E-state index contributed by atoms with van der Waals surface area (Å²) in [7, 11) is 0. The molecule has 1 atom stereocenters. The van der Waals surface area contributed by atoms with E-state index in [0.29, 0.717) is 6.42 Å². The van der Waals surface area contributed by atoms with Gasteiger partial charge in [0.2, 0.25) is 0 Å². The van der Waals surface area contributed by atoms with Crippen LogP contribution in [0.25, 0.3) is 0 Å². The second kappa shape index (κ2) is 6.14. The van der Waals surface area contributed by atoms with Gasteiger partial charge in [0.05, 0.1) is 5.92 Å². The highest BCUT2D eigenvalue weighted by Crippen LogP contribution is 2.35. The molecule has 1 aromatic rings. The van der Waals surface area contributed by atoms with E-state index in [1.54, 1.807) is 0 Å². The van der Waals surface area contributed by atoms with Crippen LogP contribution >= 0.6 is 11.8 Å². The summed E-state index contributed by atoms with van der Waals surface area (Å²) in [5, 5.41) is 9.26. The number of benzene rings is 1. The lowest BCUT2D eigenvalue weighted by Crippen LogP contribution is -2.34. The maximum absolute atomic E-state index is 11.3. The third-order valence-electron chi connectivity index (χ3n) is 3.42. The Morgan fingerprint density at radius 2 is 2.28 bits per heavy atom. The molecule has 1 aliphatic heterocycles. The van der Waals surface area contributed by atoms with Crippen molar-refractivity contribution in [3.63, 3.8) is 0 Å². The molecule has 0 saturated carbocycles. The van der Waals surface area contributed by atoms with Crippen LogP contribution in [0, 0.1) is 0 Å². The summed E-state index contributed by atoms with van der Waals surface area (Å²) in [6.45, 7) is 1.87. The van der Waals surface area contributed by atoms with Gasteiger partial charge in [-0.1, -0.05) is 18.2 Å². The van der Waals surface area contributed by atoms with Gasteiger partial charge in [-0.15, -0.1) is 0 Å². The van der Waals surface area contributed by atoms with E-state index in [0.717, 1.165) is 36.5 Å². The number of thioether (sulfide) groups is 1. The summed E-state index contributed by atoms with van der Waals surface area (Å²) >= 11 is 1.86. The van der Waals surface area contributed by atoms with Crippen molar-refractivity contribution in [3.8, 4) is 0 Å². The largest absolute Gasteiger partial charge is 0.481 e. The number of rotatable bonds is 5. The molecule has 98 valence electrons. The van der Waals surface area contributed by atoms with Crippen molar-refractivity contribution in [1.29, 1.82) is 0 Å². The summed E-state index contributed by atoms with van der Waals surface area (Å²) in [6.07, 6.45) is 3.98. The molecule has 3 nitrogen and oxygen atoms in total. The first-order chi connectivity index (χ1) is 8.74. The van der Waals surface area contributed by atoms with Crippen LogP contribution in [0.2, 0.25) is 0 Å². The van der Waals surface area contributed by atoms with E-state index < -0.39 is 5.97 Å². The molecule has 18 heavy (non-hydrogen) atoms. The number of carboxylic acids is 1. The van der Waals surface area contributed by atoms with E-state index in [2.05, 4.69) is 11.2 Å². The number of para-hydroxylation sites is 1. The number of carboxylic acid groups (broad SMARTS) is 1. The SMILES string of the molecule is CSCCCN1CCC(C(=O)O)c2ccccc21. The highest BCUT2D eigenvalue weighted by Gasteiger charge is 2.29. The van der Waals surface area contributed by atoms with Gasteiger partial charge in [-0.3, -0.25) is 4.79 Å². The fourth-order valence-electron chi connectivity index (χ4n) is 2.52. The molecule has 0 spiro atoms. The summed E-state index contributed by atoms with van der Waals surface area (Å²) in [4.78, 5) is 13.6. The lowest BCUT2D eigenvalue weighted by molar-refractivity contribution is -0.139. The molecule has 0 bridgehead atoms. The predicted molar refractivity (Wildman–Crippen MR) is 76.6 cm³/mol. The van der Waals surface area contributed by atoms with Gasteiger partial charge in [-0.05, 0) is 36.5 Å². The van der Waals surface area contributed by atoms with Gasteiger partial charge in [0.25, 0.3) is 0 Å². The van der Waals surface area contributed by atoms with Crippen molar-refractivity contribution in [2.45, 2.75) is 18.8 Å². The average Bonchev–Trinajstić information content (AvgIpc) is 2.38. The Balaban J connectivity index is 2.17. The lowest BCUT2D eigenvalue weighted by Gasteiger charge is -2.34. The molecule has 0 amide bonds. The Morgan fingerprint density at radius 1 is 1.50 bits per heavy atom. The van der Waals surface area contributed by atoms with E-state index in [9.17, 15) is 9.90 Å². The highest BCUT2D eigenvalue weighted by molar-refractivity contribution is 7.98. The van der Waals surface area contributed by atoms with Crippen molar-refractivity contribution in [2.24, 2.45) is 0 Å². The Kier molecular flexibility index (Phi) is 4.53. The van der Waals surface area contributed by atoms with Gasteiger partial charge >= 0.3 is 5.97 Å². The maximum Gasteiger partial charge on any atom is 0.311 e. The van der Waals surface area contributed by atoms with Crippen LogP contribution in [0.15, 0.2) is 24.3 Å². The van der Waals surface area contributed by atoms with Crippen LogP contribution < -0.4 is 4.90 Å². The van der Waals surface area contributed by atoms with Gasteiger partial charge in [0.15, 0.2) is 0 Å². The third-order valence-corrected chi connectivity index (χ3v) is 4.11. The standard InChI is InChI=1S/C14H19NO2S/c1-18-10-4-8-15-9-7-12(14(16)17)11-5-2-3-6-13(11)15/h2-3,5-6,12H,4,7-10H2,1H3,(H,16,17). The zero-order valence-electron chi connectivity index (χ0n) is 10.6. The fourth-order valence-corrected chi connectivity index (χ4v) is 2.94. The van der Waals surface area contributed by atoms with Crippen molar-refractivity contribution < 1.29 is 9.90 Å². The van der Waals surface area contributed by atoms with Gasteiger partial charge in [0, 0.05) is 18.8 Å². The van der Waals surface area contributed by atoms with Crippen LogP contribution in [-0.4, -0.2) is 36.2 Å². The first kappa shape index (κ1) is 13.3. The monoisotopic (exact) mass is 265 g/mol. The van der Waals surface area contributed by atoms with Crippen LogP contribution in [-0.2, 0) is 4.79 Å². The van der Waals surface area contributed by atoms with E-state index in [4.69, 9.17) is 0 Å². The number of hydrogen-bond donors (Lipinski definition) is 1. The molecular weight excluding hydrogens is 246 g/mol. The molecule has 0 aliphatic carbocycles. The Morgan fingerprint density at radius 3 is 3.00 bits per heavy atom. The predicted octanol–water partition coefficient (Wildman–Crippen LogP) is 2.82. The van der Waals surface area contributed by atoms with Crippen LogP contribution in [0.1, 0.15) is 24.3 Å². The molecule has 0 saturated heterocycles. The van der Waals surface area contributed by atoms with Crippen LogP contribution in [0.5, 0.6) is 0 Å². The van der Waals surface area contributed by atoms with Gasteiger partial charge in [-0.25, -0.2) is 0 Å². The number of carbonyl (C=O) groups is 1. The minimum absolute atomic E-state index is 0.335. The smallest absolute Gasteiger partial charge is 0.311 e. The molecule has 1 unspecified atom stereocenters. The quantitative estimate of drug-likeness (QED) is 0.831. The summed E-state index contributed by atoms with van der Waals surface area (Å²) in [6, 6.07) is 7.92. The lowest BCUT2D eigenvalue weighted by atomic mass is 9.90. The number of anilines is 1. The molecule has 1 aromatic carbocycles. The van der Waals surface area contributed by atoms with Crippen molar-refractivity contribution >= 4 is 23.4 Å². The van der Waals surface area contributed by atoms with E-state index >= 15 is 0 Å². The van der Waals surface area contributed by atoms with Crippen molar-refractivity contribution in [1.82, 2.24) is 0 Å². The molecule has 1 heterocycles. The van der Waals surface area contributed by atoms with Gasteiger partial charge in [0.1, 0.15) is 0 Å². The second-order valence-electron chi connectivity index (χ2n) is 4.57. The zero-order valence-corrected chi connectivity index (χ0v) is 11.4. The Labute approximate surface area is 112 Å². The summed E-state index contributed by atoms with van der Waals surface area (Å²) in [5.41, 5.74) is 2.08. The molecule has 2 rings (SSSR count). The first-order valence-electron chi connectivity index (χ1n) is 6.29. The minimum atomic E-state index is -0.703. The Hall–Kier alpha value is -1.16. The van der Waals surface area contributed by atoms with E-state index in [1.807, 2.05) is 36.0 Å². The number of hydrogen-bond acceptors (Lipinski definition) is 3. The molecule has 1 aliphatic rings.